The highest BCUT2D eigenvalue weighted by molar-refractivity contribution is 6.01. The molecule has 0 radical (unpaired) electrons. The van der Waals surface area contributed by atoms with E-state index in [1.54, 1.807) is 0 Å². The Bertz CT molecular complexity index is 497. The molecule has 1 heterocycles. The zero-order chi connectivity index (χ0) is 19.0. The lowest BCUT2D eigenvalue weighted by molar-refractivity contribution is -0.197. The molecule has 1 fully saturated rings. The lowest BCUT2D eigenvalue weighted by Crippen LogP contribution is -2.32. The van der Waals surface area contributed by atoms with E-state index in [2.05, 4.69) is 18.7 Å². The molecule has 1 aliphatic heterocycles. The van der Waals surface area contributed by atoms with Crippen molar-refractivity contribution in [2.24, 2.45) is 11.3 Å². The first-order chi connectivity index (χ1) is 11.6. The molecule has 0 bridgehead atoms. The van der Waals surface area contributed by atoms with Crippen LogP contribution in [0.4, 0.5) is 0 Å². The summed E-state index contributed by atoms with van der Waals surface area (Å²) in [7, 11) is 0. The average molecular weight is 357 g/mol. The third-order valence-electron chi connectivity index (χ3n) is 3.30. The summed E-state index contributed by atoms with van der Waals surface area (Å²) in [5, 5.41) is 0.461. The third kappa shape index (κ3) is 8.11. The molecule has 0 atom stereocenters. The van der Waals surface area contributed by atoms with Crippen LogP contribution in [-0.4, -0.2) is 48.6 Å². The Balaban J connectivity index is 2.24. The molecule has 0 N–H and O–H groups in total. The molecule has 8 nitrogen and oxygen atoms in total. The first-order valence-corrected chi connectivity index (χ1v) is 8.40. The maximum Gasteiger partial charge on any atom is 0.333 e. The second-order valence-electron chi connectivity index (χ2n) is 7.28. The van der Waals surface area contributed by atoms with Crippen LogP contribution in [0, 0.1) is 11.3 Å². The summed E-state index contributed by atoms with van der Waals surface area (Å²) in [6, 6.07) is 0. The lowest BCUT2D eigenvalue weighted by Gasteiger charge is -2.24. The van der Waals surface area contributed by atoms with Crippen LogP contribution in [0.25, 0.3) is 0 Å². The van der Waals surface area contributed by atoms with Gasteiger partial charge >= 0.3 is 11.9 Å². The van der Waals surface area contributed by atoms with E-state index in [-0.39, 0.29) is 37.7 Å². The number of carbonyl (C=O) groups excluding carboxylic acids is 4. The van der Waals surface area contributed by atoms with Crippen LogP contribution < -0.4 is 0 Å². The summed E-state index contributed by atoms with van der Waals surface area (Å²) in [6.07, 6.45) is -0.387. The summed E-state index contributed by atoms with van der Waals surface area (Å²) in [5.41, 5.74) is -0.334. The fourth-order valence-electron chi connectivity index (χ4n) is 1.97. The van der Waals surface area contributed by atoms with Gasteiger partial charge in [0.25, 0.3) is 11.8 Å². The minimum absolute atomic E-state index is 0.0299. The van der Waals surface area contributed by atoms with Gasteiger partial charge in [-0.2, -0.15) is 0 Å². The Kier molecular flexibility index (Phi) is 8.02. The van der Waals surface area contributed by atoms with Crippen LogP contribution >= 0.6 is 0 Å². The lowest BCUT2D eigenvalue weighted by atomic mass is 9.96. The first kappa shape index (κ1) is 21.1. The number of hydrogen-bond acceptors (Lipinski definition) is 7. The molecule has 1 aliphatic rings. The van der Waals surface area contributed by atoms with Crippen LogP contribution in [0.15, 0.2) is 0 Å². The van der Waals surface area contributed by atoms with Crippen LogP contribution in [-0.2, 0) is 33.5 Å². The fourth-order valence-corrected chi connectivity index (χ4v) is 1.97. The van der Waals surface area contributed by atoms with Gasteiger partial charge in [0.1, 0.15) is 0 Å². The number of ether oxygens (including phenoxy) is 2. The molecular weight excluding hydrogens is 330 g/mol. The topological polar surface area (TPSA) is 99.2 Å². The van der Waals surface area contributed by atoms with E-state index in [1.165, 1.54) is 0 Å². The summed E-state index contributed by atoms with van der Waals surface area (Å²) in [4.78, 5) is 50.7. The van der Waals surface area contributed by atoms with Gasteiger partial charge in [-0.3, -0.25) is 14.4 Å². The highest BCUT2D eigenvalue weighted by Gasteiger charge is 2.32. The van der Waals surface area contributed by atoms with E-state index in [1.807, 2.05) is 13.8 Å². The molecule has 1 rings (SSSR count). The summed E-state index contributed by atoms with van der Waals surface area (Å²) < 4.78 is 10.7. The van der Waals surface area contributed by atoms with E-state index in [9.17, 15) is 19.2 Å². The van der Waals surface area contributed by atoms with Gasteiger partial charge in [-0.05, 0) is 5.92 Å². The van der Waals surface area contributed by atoms with Crippen molar-refractivity contribution in [1.82, 2.24) is 5.06 Å². The molecule has 0 aromatic carbocycles. The van der Waals surface area contributed by atoms with Crippen molar-refractivity contribution in [3.8, 4) is 0 Å². The molecule has 2 amide bonds. The number of imide groups is 1. The maximum atomic E-state index is 11.7. The number of amides is 2. The fraction of sp³-hybridized carbons (Fsp3) is 0.765. The summed E-state index contributed by atoms with van der Waals surface area (Å²) in [5.74, 6) is -2.04. The number of rotatable bonds is 10. The predicted molar refractivity (Wildman–Crippen MR) is 86.8 cm³/mol. The Morgan fingerprint density at radius 1 is 1.04 bits per heavy atom. The van der Waals surface area contributed by atoms with E-state index in [4.69, 9.17) is 9.47 Å². The Morgan fingerprint density at radius 3 is 2.16 bits per heavy atom. The van der Waals surface area contributed by atoms with Gasteiger partial charge in [-0.1, -0.05) is 27.7 Å². The highest BCUT2D eigenvalue weighted by atomic mass is 16.7. The molecule has 0 aromatic rings. The molecule has 142 valence electrons. The zero-order valence-corrected chi connectivity index (χ0v) is 15.3. The molecular formula is C17H27NO7. The number of esters is 1. The van der Waals surface area contributed by atoms with Gasteiger partial charge < -0.3 is 14.3 Å². The maximum absolute atomic E-state index is 11.7. The molecule has 0 aliphatic carbocycles. The second-order valence-corrected chi connectivity index (χ2v) is 7.28. The van der Waals surface area contributed by atoms with E-state index in [0.717, 1.165) is 0 Å². The minimum atomic E-state index is -0.819. The van der Waals surface area contributed by atoms with Crippen molar-refractivity contribution in [1.29, 1.82) is 0 Å². The summed E-state index contributed by atoms with van der Waals surface area (Å²) >= 11 is 0. The van der Waals surface area contributed by atoms with Gasteiger partial charge in [0.2, 0.25) is 0 Å². The molecule has 1 saturated heterocycles. The number of carbonyl (C=O) groups is 4. The van der Waals surface area contributed by atoms with Gasteiger partial charge in [-0.15, -0.1) is 5.06 Å². The standard InChI is InChI=1S/C17H27NO7/c1-12(2)9-23-10-17(3,4)11-24-15(21)7-8-16(22)25-18-13(19)5-6-14(18)20/h12H,5-11H2,1-4H3. The van der Waals surface area contributed by atoms with Crippen molar-refractivity contribution in [3.63, 3.8) is 0 Å². The van der Waals surface area contributed by atoms with Crippen molar-refractivity contribution in [2.75, 3.05) is 19.8 Å². The molecule has 0 spiro atoms. The Hall–Kier alpha value is -1.96. The van der Waals surface area contributed by atoms with E-state index in [0.29, 0.717) is 24.2 Å². The molecule has 0 saturated carbocycles. The smallest absolute Gasteiger partial charge is 0.333 e. The average Bonchev–Trinajstić information content (AvgIpc) is 2.82. The second kappa shape index (κ2) is 9.50. The van der Waals surface area contributed by atoms with Gasteiger partial charge in [0, 0.05) is 24.9 Å². The number of hydrogen-bond donors (Lipinski definition) is 0. The van der Waals surface area contributed by atoms with Gasteiger partial charge in [0.15, 0.2) is 0 Å². The number of nitrogens with zero attached hydrogens (tertiary/aromatic N) is 1. The van der Waals surface area contributed by atoms with E-state index < -0.39 is 23.8 Å². The van der Waals surface area contributed by atoms with E-state index >= 15 is 0 Å². The largest absolute Gasteiger partial charge is 0.465 e. The quantitative estimate of drug-likeness (QED) is 0.432. The zero-order valence-electron chi connectivity index (χ0n) is 15.3. The van der Waals surface area contributed by atoms with Crippen LogP contribution in [0.3, 0.4) is 0 Å². The molecule has 0 unspecified atom stereocenters. The van der Waals surface area contributed by atoms with Gasteiger partial charge in [-0.25, -0.2) is 4.79 Å². The normalized spacial score (nSPS) is 15.0. The first-order valence-electron chi connectivity index (χ1n) is 8.40. The third-order valence-corrected chi connectivity index (χ3v) is 3.30. The van der Waals surface area contributed by atoms with Crippen molar-refractivity contribution >= 4 is 23.8 Å². The highest BCUT2D eigenvalue weighted by Crippen LogP contribution is 2.17. The van der Waals surface area contributed by atoms with Crippen molar-refractivity contribution < 1.29 is 33.5 Å². The minimum Gasteiger partial charge on any atom is -0.465 e. The van der Waals surface area contributed by atoms with Crippen LogP contribution in [0.1, 0.15) is 53.4 Å². The Morgan fingerprint density at radius 2 is 1.60 bits per heavy atom. The van der Waals surface area contributed by atoms with Crippen LogP contribution in [0.5, 0.6) is 0 Å². The molecule has 8 heteroatoms. The monoisotopic (exact) mass is 357 g/mol. The number of hydroxylamine groups is 2. The molecule has 0 aromatic heterocycles. The van der Waals surface area contributed by atoms with Crippen molar-refractivity contribution in [2.45, 2.75) is 53.4 Å². The predicted octanol–water partition coefficient (Wildman–Crippen LogP) is 1.62. The van der Waals surface area contributed by atoms with Gasteiger partial charge in [0.05, 0.1) is 26.1 Å². The van der Waals surface area contributed by atoms with Crippen LogP contribution in [0.2, 0.25) is 0 Å². The SMILES string of the molecule is CC(C)COCC(C)(C)COC(=O)CCC(=O)ON1C(=O)CCC1=O. The van der Waals surface area contributed by atoms with Crippen molar-refractivity contribution in [3.05, 3.63) is 0 Å². The summed E-state index contributed by atoms with van der Waals surface area (Å²) in [6.45, 7) is 9.20. The molecule has 25 heavy (non-hydrogen) atoms. The Labute approximate surface area is 147 Å².